The average molecular weight is 192 g/mol. The molecule has 2 nitrogen and oxygen atoms in total. The van der Waals surface area contributed by atoms with Crippen LogP contribution in [0, 0.1) is 23.7 Å². The highest BCUT2D eigenvalue weighted by molar-refractivity contribution is 5.30. The lowest BCUT2D eigenvalue weighted by molar-refractivity contribution is 0.0923. The van der Waals surface area contributed by atoms with E-state index in [0.717, 1.165) is 23.7 Å². The van der Waals surface area contributed by atoms with Gasteiger partial charge in [0, 0.05) is 0 Å². The molecule has 5 aliphatic rings. The van der Waals surface area contributed by atoms with E-state index in [9.17, 15) is 0 Å². The highest BCUT2D eigenvalue weighted by atomic mass is 16.6. The van der Waals surface area contributed by atoms with Gasteiger partial charge in [-0.2, -0.15) is 0 Å². The molecule has 2 heteroatoms. The average Bonchev–Trinajstić information content (AvgIpc) is 2.85. The third-order valence-corrected chi connectivity index (χ3v) is 6.11. The number of hydrogen-bond acceptors (Lipinski definition) is 2. The molecule has 0 radical (unpaired) electrons. The zero-order valence-electron chi connectivity index (χ0n) is 8.69. The molecule has 6 unspecified atom stereocenters. The van der Waals surface area contributed by atoms with Crippen molar-refractivity contribution in [2.75, 3.05) is 0 Å². The second kappa shape index (κ2) is 1.60. The van der Waals surface area contributed by atoms with Crippen LogP contribution in [0.3, 0.4) is 0 Å². The zero-order valence-corrected chi connectivity index (χ0v) is 8.69. The minimum Gasteiger partial charge on any atom is -0.366 e. The molecule has 3 aliphatic carbocycles. The summed E-state index contributed by atoms with van der Waals surface area (Å²) in [6, 6.07) is 0. The van der Waals surface area contributed by atoms with Gasteiger partial charge in [-0.05, 0) is 50.4 Å². The Morgan fingerprint density at radius 2 is 1.86 bits per heavy atom. The predicted octanol–water partition coefficient (Wildman–Crippen LogP) is 1.59. The van der Waals surface area contributed by atoms with Gasteiger partial charge in [0.05, 0.1) is 23.4 Å². The SMILES string of the molecule is CC12OC1CC1C2[C@@H]2C[C@H]1C1OC12C. The Morgan fingerprint density at radius 3 is 2.71 bits per heavy atom. The number of ether oxygens (including phenoxy) is 2. The van der Waals surface area contributed by atoms with Crippen LogP contribution >= 0.6 is 0 Å². The van der Waals surface area contributed by atoms with Crippen LogP contribution in [0.4, 0.5) is 0 Å². The van der Waals surface area contributed by atoms with Crippen molar-refractivity contribution in [3.05, 3.63) is 0 Å². The number of fused-ring (bicyclic) bond motifs is 10. The van der Waals surface area contributed by atoms with E-state index >= 15 is 0 Å². The molecule has 3 saturated carbocycles. The number of epoxide rings is 2. The second-order valence-electron chi connectivity index (χ2n) is 6.44. The molecule has 5 rings (SSSR count). The summed E-state index contributed by atoms with van der Waals surface area (Å²) >= 11 is 0. The summed E-state index contributed by atoms with van der Waals surface area (Å²) in [6.45, 7) is 4.67. The van der Waals surface area contributed by atoms with Gasteiger partial charge in [0.2, 0.25) is 0 Å². The van der Waals surface area contributed by atoms with Gasteiger partial charge in [0.15, 0.2) is 0 Å². The Kier molecular flexibility index (Phi) is 0.825. The second-order valence-corrected chi connectivity index (χ2v) is 6.44. The third kappa shape index (κ3) is 0.489. The molecule has 0 N–H and O–H groups in total. The standard InChI is InChI=1S/C12H16O2/c1-11-7-3-6(10(11)14-11)5-4-8-12(2,13-8)9(5)7/h5-10H,3-4H2,1-2H3/t5?,6-,7+,8?,9?,10?,11?,12?/m1/s1. The van der Waals surface area contributed by atoms with Crippen molar-refractivity contribution in [2.45, 2.75) is 50.1 Å². The summed E-state index contributed by atoms with van der Waals surface area (Å²) in [4.78, 5) is 0. The van der Waals surface area contributed by atoms with Crippen LogP contribution < -0.4 is 0 Å². The first-order chi connectivity index (χ1) is 6.64. The van der Waals surface area contributed by atoms with E-state index in [1.54, 1.807) is 0 Å². The molecule has 0 spiro atoms. The molecule has 2 heterocycles. The first-order valence-electron chi connectivity index (χ1n) is 6.00. The molecular formula is C12H16O2. The maximum absolute atomic E-state index is 5.92. The molecule has 0 aromatic carbocycles. The predicted molar refractivity (Wildman–Crippen MR) is 49.8 cm³/mol. The Morgan fingerprint density at radius 1 is 1.00 bits per heavy atom. The maximum atomic E-state index is 5.92. The van der Waals surface area contributed by atoms with E-state index < -0.39 is 0 Å². The summed E-state index contributed by atoms with van der Waals surface area (Å²) < 4.78 is 11.8. The monoisotopic (exact) mass is 192 g/mol. The highest BCUT2D eigenvalue weighted by Crippen LogP contribution is 2.76. The minimum absolute atomic E-state index is 0.268. The van der Waals surface area contributed by atoms with Crippen molar-refractivity contribution in [3.8, 4) is 0 Å². The molecular weight excluding hydrogens is 176 g/mol. The molecule has 14 heavy (non-hydrogen) atoms. The molecule has 2 aliphatic heterocycles. The highest BCUT2D eigenvalue weighted by Gasteiger charge is 2.82. The summed E-state index contributed by atoms with van der Waals surface area (Å²) in [7, 11) is 0. The fraction of sp³-hybridized carbons (Fsp3) is 1.00. The van der Waals surface area contributed by atoms with E-state index in [4.69, 9.17) is 9.47 Å². The Labute approximate surface area is 84.0 Å². The quantitative estimate of drug-likeness (QED) is 0.544. The molecule has 8 atom stereocenters. The van der Waals surface area contributed by atoms with E-state index in [2.05, 4.69) is 13.8 Å². The lowest BCUT2D eigenvalue weighted by Crippen LogP contribution is -2.37. The van der Waals surface area contributed by atoms with E-state index in [1.165, 1.54) is 12.8 Å². The van der Waals surface area contributed by atoms with Crippen molar-refractivity contribution >= 4 is 0 Å². The van der Waals surface area contributed by atoms with Crippen molar-refractivity contribution < 1.29 is 9.47 Å². The van der Waals surface area contributed by atoms with Gasteiger partial charge in [-0.3, -0.25) is 0 Å². The largest absolute Gasteiger partial charge is 0.366 e. The topological polar surface area (TPSA) is 25.1 Å². The van der Waals surface area contributed by atoms with Gasteiger partial charge in [-0.15, -0.1) is 0 Å². The zero-order chi connectivity index (χ0) is 9.29. The normalized spacial score (nSPS) is 81.0. The molecule has 2 bridgehead atoms. The molecule has 5 fully saturated rings. The third-order valence-electron chi connectivity index (χ3n) is 6.11. The fourth-order valence-corrected chi connectivity index (χ4v) is 5.41. The first kappa shape index (κ1) is 7.24. The number of hydrogen-bond donors (Lipinski definition) is 0. The van der Waals surface area contributed by atoms with Crippen LogP contribution in [0.5, 0.6) is 0 Å². The van der Waals surface area contributed by atoms with Crippen LogP contribution in [0.1, 0.15) is 26.7 Å². The van der Waals surface area contributed by atoms with Crippen LogP contribution in [-0.4, -0.2) is 23.4 Å². The van der Waals surface area contributed by atoms with Gasteiger partial charge < -0.3 is 9.47 Å². The smallest absolute Gasteiger partial charge is 0.0955 e. The molecule has 76 valence electrons. The van der Waals surface area contributed by atoms with Gasteiger partial charge >= 0.3 is 0 Å². The van der Waals surface area contributed by atoms with Crippen LogP contribution in [0.25, 0.3) is 0 Å². The molecule has 0 aromatic heterocycles. The van der Waals surface area contributed by atoms with Crippen LogP contribution in [0.2, 0.25) is 0 Å². The summed E-state index contributed by atoms with van der Waals surface area (Å²) in [5, 5.41) is 0. The first-order valence-corrected chi connectivity index (χ1v) is 6.00. The Balaban J connectivity index is 1.66. The Hall–Kier alpha value is -0.0800. The van der Waals surface area contributed by atoms with Crippen molar-refractivity contribution in [1.29, 1.82) is 0 Å². The van der Waals surface area contributed by atoms with Crippen molar-refractivity contribution in [2.24, 2.45) is 23.7 Å². The van der Waals surface area contributed by atoms with Crippen LogP contribution in [-0.2, 0) is 9.47 Å². The maximum Gasteiger partial charge on any atom is 0.0955 e. The lowest BCUT2D eigenvalue weighted by atomic mass is 9.73. The summed E-state index contributed by atoms with van der Waals surface area (Å²) in [5.41, 5.74) is 0.541. The van der Waals surface area contributed by atoms with Gasteiger partial charge in [-0.25, -0.2) is 0 Å². The van der Waals surface area contributed by atoms with E-state index in [1.807, 2.05) is 0 Å². The van der Waals surface area contributed by atoms with Gasteiger partial charge in [-0.1, -0.05) is 0 Å². The lowest BCUT2D eigenvalue weighted by Gasteiger charge is -2.30. The molecule has 0 aromatic rings. The van der Waals surface area contributed by atoms with Gasteiger partial charge in [0.1, 0.15) is 0 Å². The van der Waals surface area contributed by atoms with E-state index in [0.29, 0.717) is 12.2 Å². The Bertz CT molecular complexity index is 354. The van der Waals surface area contributed by atoms with Crippen molar-refractivity contribution in [3.63, 3.8) is 0 Å². The summed E-state index contributed by atoms with van der Waals surface area (Å²) in [6.07, 6.45) is 4.01. The van der Waals surface area contributed by atoms with Crippen LogP contribution in [0.15, 0.2) is 0 Å². The van der Waals surface area contributed by atoms with Gasteiger partial charge in [0.25, 0.3) is 0 Å². The summed E-state index contributed by atoms with van der Waals surface area (Å²) in [5.74, 6) is 3.49. The minimum atomic E-state index is 0.268. The van der Waals surface area contributed by atoms with E-state index in [-0.39, 0.29) is 11.2 Å². The molecule has 0 amide bonds. The fourth-order valence-electron chi connectivity index (χ4n) is 5.41. The molecule has 2 saturated heterocycles. The van der Waals surface area contributed by atoms with Crippen molar-refractivity contribution in [1.82, 2.24) is 0 Å². The number of rotatable bonds is 0.